The van der Waals surface area contributed by atoms with Gasteiger partial charge in [-0.15, -0.1) is 0 Å². The van der Waals surface area contributed by atoms with E-state index in [1.165, 1.54) is 0 Å². The van der Waals surface area contributed by atoms with Gasteiger partial charge in [0, 0.05) is 24.0 Å². The molecule has 20 heavy (non-hydrogen) atoms. The maximum absolute atomic E-state index is 12.1. The molecule has 2 rings (SSSR count). The molecule has 2 aromatic rings. The molecule has 102 valence electrons. The fourth-order valence-corrected chi connectivity index (χ4v) is 1.71. The first-order valence-corrected chi connectivity index (χ1v) is 6.20. The van der Waals surface area contributed by atoms with Gasteiger partial charge in [0.2, 0.25) is 0 Å². The number of carbonyl (C=O) groups is 1. The van der Waals surface area contributed by atoms with Crippen LogP contribution in [-0.2, 0) is 7.05 Å². The van der Waals surface area contributed by atoms with Gasteiger partial charge in [-0.2, -0.15) is 5.10 Å². The fourth-order valence-electron chi connectivity index (χ4n) is 1.71. The Labute approximate surface area is 117 Å². The molecule has 0 radical (unpaired) electrons. The highest BCUT2D eigenvalue weighted by molar-refractivity contribution is 6.04. The lowest BCUT2D eigenvalue weighted by Crippen LogP contribution is -2.12. The first-order valence-electron chi connectivity index (χ1n) is 6.20. The zero-order valence-corrected chi connectivity index (χ0v) is 11.5. The van der Waals surface area contributed by atoms with Crippen LogP contribution >= 0.6 is 0 Å². The minimum absolute atomic E-state index is 0.170. The molecule has 0 aliphatic carbocycles. The summed E-state index contributed by atoms with van der Waals surface area (Å²) in [7, 11) is 1.80. The van der Waals surface area contributed by atoms with Crippen LogP contribution in [0.15, 0.2) is 30.5 Å². The molecule has 0 aliphatic heterocycles. The Morgan fingerprint density at radius 1 is 1.40 bits per heavy atom. The van der Waals surface area contributed by atoms with Crippen molar-refractivity contribution in [1.29, 1.82) is 0 Å². The van der Waals surface area contributed by atoms with Gasteiger partial charge in [-0.1, -0.05) is 11.8 Å². The summed E-state index contributed by atoms with van der Waals surface area (Å²) in [6.45, 7) is 2.19. The molecule has 5 nitrogen and oxygen atoms in total. The first-order chi connectivity index (χ1) is 9.61. The smallest absolute Gasteiger partial charge is 0.259 e. The average molecular weight is 268 g/mol. The Hall–Kier alpha value is -2.58. The Balaban J connectivity index is 2.10. The number of aromatic nitrogens is 2. The van der Waals surface area contributed by atoms with Crippen molar-refractivity contribution in [2.45, 2.75) is 6.92 Å². The van der Waals surface area contributed by atoms with Crippen molar-refractivity contribution in [1.82, 2.24) is 9.78 Å². The van der Waals surface area contributed by atoms with Crippen molar-refractivity contribution in [3.8, 4) is 11.8 Å². The van der Waals surface area contributed by atoms with Crippen molar-refractivity contribution >= 4 is 11.6 Å². The van der Waals surface area contributed by atoms with Crippen LogP contribution < -0.4 is 11.1 Å². The minimum atomic E-state index is -0.170. The van der Waals surface area contributed by atoms with Gasteiger partial charge in [-0.25, -0.2) is 0 Å². The number of benzene rings is 1. The topological polar surface area (TPSA) is 72.9 Å². The zero-order chi connectivity index (χ0) is 14.5. The van der Waals surface area contributed by atoms with Crippen LogP contribution in [0.1, 0.15) is 21.6 Å². The predicted octanol–water partition coefficient (Wildman–Crippen LogP) is 1.29. The maximum atomic E-state index is 12.1. The molecular formula is C15H16N4O. The highest BCUT2D eigenvalue weighted by Crippen LogP contribution is 2.12. The SMILES string of the molecule is Cc1c(C(=O)Nc2ccc(C#CCN)cc2)cnn1C. The summed E-state index contributed by atoms with van der Waals surface area (Å²) in [5.41, 5.74) is 8.30. The molecule has 0 saturated carbocycles. The minimum Gasteiger partial charge on any atom is -0.322 e. The van der Waals surface area contributed by atoms with Crippen LogP contribution in [0.4, 0.5) is 5.69 Å². The largest absolute Gasteiger partial charge is 0.322 e. The number of hydrogen-bond donors (Lipinski definition) is 2. The van der Waals surface area contributed by atoms with Gasteiger partial charge < -0.3 is 11.1 Å². The molecule has 1 heterocycles. The Morgan fingerprint density at radius 3 is 2.65 bits per heavy atom. The number of aryl methyl sites for hydroxylation is 1. The highest BCUT2D eigenvalue weighted by atomic mass is 16.1. The average Bonchev–Trinajstić information content (AvgIpc) is 2.78. The van der Waals surface area contributed by atoms with E-state index in [1.807, 2.05) is 31.2 Å². The molecule has 0 fully saturated rings. The molecule has 0 aliphatic rings. The monoisotopic (exact) mass is 268 g/mol. The van der Waals surface area contributed by atoms with E-state index >= 15 is 0 Å². The second-order valence-electron chi connectivity index (χ2n) is 4.30. The van der Waals surface area contributed by atoms with E-state index in [2.05, 4.69) is 22.3 Å². The highest BCUT2D eigenvalue weighted by Gasteiger charge is 2.12. The van der Waals surface area contributed by atoms with Crippen molar-refractivity contribution in [3.05, 3.63) is 47.3 Å². The Morgan fingerprint density at radius 2 is 2.10 bits per heavy atom. The van der Waals surface area contributed by atoms with E-state index in [1.54, 1.807) is 17.9 Å². The van der Waals surface area contributed by atoms with Crippen LogP contribution in [0.25, 0.3) is 0 Å². The molecule has 0 unspecified atom stereocenters. The zero-order valence-electron chi connectivity index (χ0n) is 11.5. The second kappa shape index (κ2) is 6.04. The number of nitrogens with two attached hydrogens (primary N) is 1. The van der Waals surface area contributed by atoms with Gasteiger partial charge in [-0.05, 0) is 31.2 Å². The van der Waals surface area contributed by atoms with Gasteiger partial charge >= 0.3 is 0 Å². The Bertz CT molecular complexity index is 674. The molecule has 1 aromatic heterocycles. The number of carbonyl (C=O) groups excluding carboxylic acids is 1. The summed E-state index contributed by atoms with van der Waals surface area (Å²) in [4.78, 5) is 12.1. The summed E-state index contributed by atoms with van der Waals surface area (Å²) >= 11 is 0. The second-order valence-corrected chi connectivity index (χ2v) is 4.30. The van der Waals surface area contributed by atoms with Crippen molar-refractivity contribution < 1.29 is 4.79 Å². The van der Waals surface area contributed by atoms with E-state index in [0.29, 0.717) is 12.1 Å². The standard InChI is InChI=1S/C15H16N4O/c1-11-14(10-17-19(11)2)15(20)18-13-7-5-12(6-8-13)4-3-9-16/h5-8,10H,9,16H2,1-2H3,(H,18,20). The van der Waals surface area contributed by atoms with Crippen LogP contribution in [0.2, 0.25) is 0 Å². The molecule has 3 N–H and O–H groups in total. The normalized spacial score (nSPS) is 9.75. The van der Waals surface area contributed by atoms with Gasteiger partial charge in [0.05, 0.1) is 18.3 Å². The quantitative estimate of drug-likeness (QED) is 0.806. The molecule has 0 atom stereocenters. The number of hydrogen-bond acceptors (Lipinski definition) is 3. The lowest BCUT2D eigenvalue weighted by molar-refractivity contribution is 0.102. The fraction of sp³-hybridized carbons (Fsp3) is 0.200. The van der Waals surface area contributed by atoms with E-state index in [0.717, 1.165) is 16.9 Å². The van der Waals surface area contributed by atoms with Crippen LogP contribution in [0, 0.1) is 18.8 Å². The van der Waals surface area contributed by atoms with Crippen molar-refractivity contribution in [2.75, 3.05) is 11.9 Å². The van der Waals surface area contributed by atoms with Gasteiger partial charge in [0.25, 0.3) is 5.91 Å². The number of rotatable bonds is 2. The summed E-state index contributed by atoms with van der Waals surface area (Å²) in [6, 6.07) is 7.30. The molecule has 0 bridgehead atoms. The van der Waals surface area contributed by atoms with Crippen LogP contribution in [0.3, 0.4) is 0 Å². The van der Waals surface area contributed by atoms with Gasteiger partial charge in [-0.3, -0.25) is 9.48 Å². The van der Waals surface area contributed by atoms with Crippen LogP contribution in [0.5, 0.6) is 0 Å². The van der Waals surface area contributed by atoms with Crippen LogP contribution in [-0.4, -0.2) is 22.2 Å². The number of nitrogens with zero attached hydrogens (tertiary/aromatic N) is 2. The third kappa shape index (κ3) is 3.05. The summed E-state index contributed by atoms with van der Waals surface area (Å²) in [5.74, 6) is 5.54. The summed E-state index contributed by atoms with van der Waals surface area (Å²) < 4.78 is 1.67. The van der Waals surface area contributed by atoms with Gasteiger partial charge in [0.15, 0.2) is 0 Å². The number of amides is 1. The maximum Gasteiger partial charge on any atom is 0.259 e. The van der Waals surface area contributed by atoms with E-state index in [-0.39, 0.29) is 5.91 Å². The first kappa shape index (κ1) is 13.8. The molecule has 5 heteroatoms. The third-order valence-corrected chi connectivity index (χ3v) is 2.96. The lowest BCUT2D eigenvalue weighted by atomic mass is 10.2. The molecule has 1 aromatic carbocycles. The van der Waals surface area contributed by atoms with E-state index in [4.69, 9.17) is 5.73 Å². The summed E-state index contributed by atoms with van der Waals surface area (Å²) in [6.07, 6.45) is 1.56. The molecule has 0 spiro atoms. The number of anilines is 1. The van der Waals surface area contributed by atoms with Crippen molar-refractivity contribution in [2.24, 2.45) is 12.8 Å². The van der Waals surface area contributed by atoms with E-state index < -0.39 is 0 Å². The predicted molar refractivity (Wildman–Crippen MR) is 78.3 cm³/mol. The molecule has 1 amide bonds. The van der Waals surface area contributed by atoms with Crippen molar-refractivity contribution in [3.63, 3.8) is 0 Å². The molecular weight excluding hydrogens is 252 g/mol. The number of nitrogens with one attached hydrogen (secondary N) is 1. The summed E-state index contributed by atoms with van der Waals surface area (Å²) in [5, 5.41) is 6.88. The lowest BCUT2D eigenvalue weighted by Gasteiger charge is -2.04. The Kier molecular flexibility index (Phi) is 4.18. The molecule has 0 saturated heterocycles. The van der Waals surface area contributed by atoms with Gasteiger partial charge in [0.1, 0.15) is 0 Å². The van der Waals surface area contributed by atoms with E-state index in [9.17, 15) is 4.79 Å². The third-order valence-electron chi connectivity index (χ3n) is 2.96.